The van der Waals surface area contributed by atoms with Crippen LogP contribution < -0.4 is 10.5 Å². The highest BCUT2D eigenvalue weighted by atomic mass is 32.2. The summed E-state index contributed by atoms with van der Waals surface area (Å²) in [5, 5.41) is 5.33. The molecule has 1 unspecified atom stereocenters. The van der Waals surface area contributed by atoms with Crippen LogP contribution in [0.2, 0.25) is 0 Å². The Bertz CT molecular complexity index is 2130. The third-order valence-corrected chi connectivity index (χ3v) is 11.8. The van der Waals surface area contributed by atoms with Crippen molar-refractivity contribution in [2.75, 3.05) is 11.4 Å². The van der Waals surface area contributed by atoms with Crippen molar-refractivity contribution in [3.8, 4) is 0 Å². The minimum absolute atomic E-state index is 0.00841. The van der Waals surface area contributed by atoms with Gasteiger partial charge in [-0.15, -0.1) is 0 Å². The molecule has 50 heavy (non-hydrogen) atoms. The van der Waals surface area contributed by atoms with Crippen molar-refractivity contribution in [3.05, 3.63) is 130 Å². The molecule has 1 aliphatic carbocycles. The lowest BCUT2D eigenvalue weighted by Gasteiger charge is -2.41. The van der Waals surface area contributed by atoms with Crippen LogP contribution in [0.15, 0.2) is 107 Å². The number of pyridine rings is 1. The molecular formula is C39H41N5O5S. The number of ether oxygens (including phenoxy) is 1. The normalized spacial score (nSPS) is 17.0. The Hall–Kier alpha value is -4.71. The molecule has 3 heterocycles. The lowest BCUT2D eigenvalue weighted by Crippen LogP contribution is -2.58. The van der Waals surface area contributed by atoms with Crippen LogP contribution in [-0.2, 0) is 39.4 Å². The van der Waals surface area contributed by atoms with Gasteiger partial charge in [-0.2, -0.15) is 9.40 Å². The van der Waals surface area contributed by atoms with Gasteiger partial charge in [-0.25, -0.2) is 13.1 Å². The van der Waals surface area contributed by atoms with Gasteiger partial charge in [-0.05, 0) is 79.6 Å². The number of hydrogen-bond acceptors (Lipinski definition) is 7. The average molecular weight is 692 g/mol. The summed E-state index contributed by atoms with van der Waals surface area (Å²) in [7, 11) is -3.89. The maximum absolute atomic E-state index is 14.4. The molecule has 11 heteroatoms. The van der Waals surface area contributed by atoms with E-state index in [1.54, 1.807) is 53.6 Å². The zero-order valence-electron chi connectivity index (χ0n) is 28.1. The van der Waals surface area contributed by atoms with Gasteiger partial charge in [-0.3, -0.25) is 14.6 Å². The van der Waals surface area contributed by atoms with E-state index >= 15 is 0 Å². The molecular weight excluding hydrogens is 651 g/mol. The summed E-state index contributed by atoms with van der Waals surface area (Å²) < 4.78 is 35.6. The molecule has 0 N–H and O–H groups in total. The van der Waals surface area contributed by atoms with Crippen molar-refractivity contribution in [1.82, 2.24) is 19.1 Å². The smallest absolute Gasteiger partial charge is 0.276 e. The number of amides is 1. The van der Waals surface area contributed by atoms with Gasteiger partial charge in [0.2, 0.25) is 15.9 Å². The molecule has 7 rings (SSSR count). The highest BCUT2D eigenvalue weighted by molar-refractivity contribution is 7.89. The third-order valence-electron chi connectivity index (χ3n) is 9.87. The summed E-state index contributed by atoms with van der Waals surface area (Å²) in [6.45, 7) is 2.63. The molecule has 5 aromatic rings. The summed E-state index contributed by atoms with van der Waals surface area (Å²) >= 11 is 0. The maximum Gasteiger partial charge on any atom is 0.276 e. The molecule has 2 fully saturated rings. The van der Waals surface area contributed by atoms with Crippen molar-refractivity contribution in [2.45, 2.75) is 82.2 Å². The molecule has 258 valence electrons. The van der Waals surface area contributed by atoms with Gasteiger partial charge in [0.25, 0.3) is 5.56 Å². The van der Waals surface area contributed by atoms with Crippen LogP contribution >= 0.6 is 0 Å². The quantitative estimate of drug-likeness (QED) is 0.159. The van der Waals surface area contributed by atoms with Crippen molar-refractivity contribution in [3.63, 3.8) is 0 Å². The highest BCUT2D eigenvalue weighted by Crippen LogP contribution is 2.34. The van der Waals surface area contributed by atoms with E-state index in [-0.39, 0.29) is 36.2 Å². The number of anilines is 1. The van der Waals surface area contributed by atoms with Crippen LogP contribution in [0.4, 0.5) is 5.69 Å². The van der Waals surface area contributed by atoms with Crippen LogP contribution in [0.25, 0.3) is 10.8 Å². The molecule has 2 aliphatic rings. The Morgan fingerprint density at radius 2 is 1.70 bits per heavy atom. The van der Waals surface area contributed by atoms with Crippen LogP contribution in [0.5, 0.6) is 0 Å². The third kappa shape index (κ3) is 7.12. The predicted molar refractivity (Wildman–Crippen MR) is 192 cm³/mol. The Balaban J connectivity index is 1.16. The largest absolute Gasteiger partial charge is 0.354 e. The summed E-state index contributed by atoms with van der Waals surface area (Å²) in [5.74, 6) is 0.152. The Labute approximate surface area is 292 Å². The second kappa shape index (κ2) is 14.6. The topological polar surface area (TPSA) is 115 Å². The van der Waals surface area contributed by atoms with Crippen molar-refractivity contribution in [1.29, 1.82) is 0 Å². The number of carbonyl (C=O) groups is 1. The fourth-order valence-electron chi connectivity index (χ4n) is 6.85. The second-order valence-electron chi connectivity index (χ2n) is 13.3. The van der Waals surface area contributed by atoms with E-state index in [1.807, 2.05) is 49.5 Å². The van der Waals surface area contributed by atoms with Crippen molar-refractivity contribution >= 4 is 32.4 Å². The fourth-order valence-corrected chi connectivity index (χ4v) is 8.48. The van der Waals surface area contributed by atoms with Crippen LogP contribution in [-0.4, -0.2) is 46.0 Å². The van der Waals surface area contributed by atoms with Crippen LogP contribution in [0, 0.1) is 6.92 Å². The number of benzene rings is 3. The minimum atomic E-state index is -3.89. The van der Waals surface area contributed by atoms with E-state index in [4.69, 9.17) is 9.72 Å². The monoisotopic (exact) mass is 691 g/mol. The van der Waals surface area contributed by atoms with Gasteiger partial charge in [-0.1, -0.05) is 73.4 Å². The molecule has 10 nitrogen and oxygen atoms in total. The standard InChI is InChI=1S/C39H41N5O5S/c1-28-12-17-35(18-13-28)50(47,48)44-21-20-37(44)39(46)42(25-33-15-14-31(23-40-33)30-10-6-3-7-11-30)34-16-19-36-32(22-34)24-41-43(38(36)45)27-49-26-29-8-4-2-5-9-29/h2,4-5,8-9,12-19,22-24,30,37H,3,6-7,10-11,20-21,25-27H2,1H3. The zero-order valence-corrected chi connectivity index (χ0v) is 29.0. The van der Waals surface area contributed by atoms with E-state index in [0.29, 0.717) is 41.1 Å². The number of aryl methyl sites for hydroxylation is 1. The number of fused-ring (bicyclic) bond motifs is 1. The van der Waals surface area contributed by atoms with Gasteiger partial charge in [0, 0.05) is 23.8 Å². The first-order valence-electron chi connectivity index (χ1n) is 17.2. The summed E-state index contributed by atoms with van der Waals surface area (Å²) in [4.78, 5) is 34.2. The van der Waals surface area contributed by atoms with Gasteiger partial charge in [0.15, 0.2) is 0 Å². The predicted octanol–water partition coefficient (Wildman–Crippen LogP) is 6.32. The van der Waals surface area contributed by atoms with Crippen LogP contribution in [0.3, 0.4) is 0 Å². The molecule has 1 atom stereocenters. The van der Waals surface area contributed by atoms with E-state index < -0.39 is 16.1 Å². The Morgan fingerprint density at radius 3 is 2.40 bits per heavy atom. The molecule has 0 bridgehead atoms. The molecule has 0 radical (unpaired) electrons. The minimum Gasteiger partial charge on any atom is -0.354 e. The van der Waals surface area contributed by atoms with E-state index in [1.165, 1.54) is 33.8 Å². The number of rotatable bonds is 11. The molecule has 1 aliphatic heterocycles. The second-order valence-corrected chi connectivity index (χ2v) is 15.1. The van der Waals surface area contributed by atoms with Gasteiger partial charge in [0.05, 0.1) is 35.3 Å². The lowest BCUT2D eigenvalue weighted by molar-refractivity contribution is -0.125. The van der Waals surface area contributed by atoms with E-state index in [0.717, 1.165) is 24.0 Å². The molecule has 2 aromatic heterocycles. The Morgan fingerprint density at radius 1 is 0.920 bits per heavy atom. The molecule has 1 saturated heterocycles. The van der Waals surface area contributed by atoms with E-state index in [9.17, 15) is 18.0 Å². The zero-order chi connectivity index (χ0) is 34.7. The first kappa shape index (κ1) is 33.8. The fraction of sp³-hybridized carbons (Fsp3) is 0.333. The first-order valence-corrected chi connectivity index (χ1v) is 18.7. The SMILES string of the molecule is Cc1ccc(S(=O)(=O)N2CCC2C(=O)N(Cc2ccc(C3CCCCC3)cn2)c2ccc3c(=O)n(COCc4ccccc4)ncc3c2)cc1. The summed E-state index contributed by atoms with van der Waals surface area (Å²) in [5.41, 5.74) is 4.06. The number of nitrogens with zero attached hydrogens (tertiary/aromatic N) is 5. The first-order chi connectivity index (χ1) is 24.3. The highest BCUT2D eigenvalue weighted by Gasteiger charge is 2.44. The van der Waals surface area contributed by atoms with Crippen molar-refractivity contribution in [2.24, 2.45) is 0 Å². The molecule has 3 aromatic carbocycles. The average Bonchev–Trinajstić information content (AvgIpc) is 3.12. The molecule has 1 amide bonds. The maximum atomic E-state index is 14.4. The number of hydrogen-bond donors (Lipinski definition) is 0. The summed E-state index contributed by atoms with van der Waals surface area (Å²) in [6.07, 6.45) is 9.93. The lowest BCUT2D eigenvalue weighted by atomic mass is 9.85. The number of aromatic nitrogens is 3. The Kier molecular flexibility index (Phi) is 9.89. The number of sulfonamides is 1. The van der Waals surface area contributed by atoms with Gasteiger partial charge >= 0.3 is 0 Å². The molecule has 0 spiro atoms. The summed E-state index contributed by atoms with van der Waals surface area (Å²) in [6, 6.07) is 24.7. The van der Waals surface area contributed by atoms with Crippen molar-refractivity contribution < 1.29 is 17.9 Å². The van der Waals surface area contributed by atoms with Gasteiger partial charge < -0.3 is 9.64 Å². The van der Waals surface area contributed by atoms with E-state index in [2.05, 4.69) is 11.2 Å². The van der Waals surface area contributed by atoms with Gasteiger partial charge in [0.1, 0.15) is 12.8 Å². The number of carbonyl (C=O) groups excluding carboxylic acids is 1. The molecule has 1 saturated carbocycles. The van der Waals surface area contributed by atoms with Crippen LogP contribution in [0.1, 0.15) is 66.8 Å².